The Kier molecular flexibility index (Phi) is 4.90. The van der Waals surface area contributed by atoms with Crippen LogP contribution in [0, 0.1) is 0 Å². The summed E-state index contributed by atoms with van der Waals surface area (Å²) in [4.78, 5) is 32.5. The van der Waals surface area contributed by atoms with Crippen LogP contribution >= 0.6 is 0 Å². The minimum absolute atomic E-state index is 0.0536. The van der Waals surface area contributed by atoms with Gasteiger partial charge in [-0.05, 0) is 18.4 Å². The normalized spacial score (nSPS) is 19.0. The number of hydrogen-bond donors (Lipinski definition) is 3. The summed E-state index contributed by atoms with van der Waals surface area (Å²) in [5, 5.41) is 3.33. The first-order valence-corrected chi connectivity index (χ1v) is 8.04. The first-order chi connectivity index (χ1) is 11.6. The lowest BCUT2D eigenvalue weighted by atomic mass is 10.0. The van der Waals surface area contributed by atoms with Gasteiger partial charge in [0, 0.05) is 31.5 Å². The third kappa shape index (κ3) is 3.62. The molecule has 0 saturated carbocycles. The van der Waals surface area contributed by atoms with E-state index in [9.17, 15) is 9.59 Å². The van der Waals surface area contributed by atoms with Crippen LogP contribution < -0.4 is 21.5 Å². The lowest BCUT2D eigenvalue weighted by molar-refractivity contribution is -0.120. The zero-order valence-electron chi connectivity index (χ0n) is 13.3. The van der Waals surface area contributed by atoms with Crippen LogP contribution in [0.2, 0.25) is 0 Å². The Balaban J connectivity index is 1.74. The second-order valence-electron chi connectivity index (χ2n) is 5.94. The molecule has 4 N–H and O–H groups in total. The number of piperidine rings is 1. The lowest BCUT2D eigenvalue weighted by Crippen LogP contribution is -2.50. The van der Waals surface area contributed by atoms with Crippen LogP contribution in [0.4, 0.5) is 5.82 Å². The number of hydrogen-bond acceptors (Lipinski definition) is 5. The lowest BCUT2D eigenvalue weighted by Gasteiger charge is -2.35. The van der Waals surface area contributed by atoms with Gasteiger partial charge >= 0.3 is 0 Å². The quantitative estimate of drug-likeness (QED) is 0.744. The van der Waals surface area contributed by atoms with Gasteiger partial charge in [0.05, 0.1) is 0 Å². The molecule has 1 aliphatic rings. The molecule has 1 fully saturated rings. The van der Waals surface area contributed by atoms with E-state index in [0.29, 0.717) is 12.4 Å². The monoisotopic (exact) mass is 327 g/mol. The van der Waals surface area contributed by atoms with Crippen molar-refractivity contribution < 1.29 is 4.79 Å². The van der Waals surface area contributed by atoms with Gasteiger partial charge in [0.15, 0.2) is 5.82 Å². The largest absolute Gasteiger partial charge is 0.368 e. The van der Waals surface area contributed by atoms with E-state index in [1.807, 2.05) is 35.2 Å². The average molecular weight is 327 g/mol. The summed E-state index contributed by atoms with van der Waals surface area (Å²) in [5.41, 5.74) is 6.22. The van der Waals surface area contributed by atoms with Crippen LogP contribution in [0.15, 0.2) is 47.5 Å². The molecule has 7 nitrogen and oxygen atoms in total. The van der Waals surface area contributed by atoms with Crippen molar-refractivity contribution in [1.29, 1.82) is 0 Å². The van der Waals surface area contributed by atoms with Gasteiger partial charge < -0.3 is 15.6 Å². The summed E-state index contributed by atoms with van der Waals surface area (Å²) in [5.74, 6) is 0.00772. The maximum atomic E-state index is 11.9. The van der Waals surface area contributed by atoms with E-state index < -0.39 is 11.9 Å². The number of anilines is 1. The van der Waals surface area contributed by atoms with E-state index in [2.05, 4.69) is 15.3 Å². The number of aromatic nitrogens is 2. The maximum Gasteiger partial charge on any atom is 0.290 e. The van der Waals surface area contributed by atoms with E-state index in [-0.39, 0.29) is 11.6 Å². The topological polar surface area (TPSA) is 104 Å². The predicted molar refractivity (Wildman–Crippen MR) is 91.6 cm³/mol. The predicted octanol–water partition coefficient (Wildman–Crippen LogP) is 0.555. The van der Waals surface area contributed by atoms with Crippen molar-refractivity contribution in [3.63, 3.8) is 0 Å². The fourth-order valence-electron chi connectivity index (χ4n) is 3.10. The summed E-state index contributed by atoms with van der Waals surface area (Å²) < 4.78 is 0. The van der Waals surface area contributed by atoms with Gasteiger partial charge in [-0.3, -0.25) is 14.9 Å². The Bertz CT molecular complexity index is 746. The summed E-state index contributed by atoms with van der Waals surface area (Å²) >= 11 is 0. The fraction of sp³-hybridized carbons (Fsp3) is 0.353. The molecule has 24 heavy (non-hydrogen) atoms. The molecule has 2 aromatic rings. The number of nitrogens with two attached hydrogens (primary N) is 1. The van der Waals surface area contributed by atoms with Crippen LogP contribution in [-0.4, -0.2) is 35.0 Å². The Hall–Kier alpha value is -2.67. The summed E-state index contributed by atoms with van der Waals surface area (Å²) in [6, 6.07) is 8.94. The molecule has 2 heterocycles. The smallest absolute Gasteiger partial charge is 0.290 e. The van der Waals surface area contributed by atoms with Crippen molar-refractivity contribution in [2.45, 2.75) is 24.9 Å². The molecule has 126 valence electrons. The van der Waals surface area contributed by atoms with Gasteiger partial charge in [0.1, 0.15) is 6.04 Å². The molecule has 1 aliphatic heterocycles. The SMILES string of the molecule is NC(=O)C(NC1CCCN(c2ncc[nH]c2=O)C1)c1ccccc1. The molecule has 1 saturated heterocycles. The number of carbonyl (C=O) groups is 1. The highest BCUT2D eigenvalue weighted by Crippen LogP contribution is 2.19. The molecule has 1 amide bonds. The van der Waals surface area contributed by atoms with E-state index in [4.69, 9.17) is 5.73 Å². The zero-order chi connectivity index (χ0) is 16.9. The van der Waals surface area contributed by atoms with E-state index >= 15 is 0 Å². The third-order valence-electron chi connectivity index (χ3n) is 4.23. The highest BCUT2D eigenvalue weighted by molar-refractivity contribution is 5.81. The molecule has 7 heteroatoms. The van der Waals surface area contributed by atoms with E-state index in [1.54, 1.807) is 6.20 Å². The Morgan fingerprint density at radius 2 is 2.17 bits per heavy atom. The number of aromatic amines is 1. The van der Waals surface area contributed by atoms with Crippen LogP contribution in [0.1, 0.15) is 24.4 Å². The molecule has 3 rings (SSSR count). The molecule has 1 aromatic carbocycles. The third-order valence-corrected chi connectivity index (χ3v) is 4.23. The average Bonchev–Trinajstić information content (AvgIpc) is 2.61. The first kappa shape index (κ1) is 16.2. The number of H-pyrrole nitrogens is 1. The number of carbonyl (C=O) groups excluding carboxylic acids is 1. The van der Waals surface area contributed by atoms with Crippen LogP contribution in [0.3, 0.4) is 0 Å². The van der Waals surface area contributed by atoms with Crippen LogP contribution in [0.25, 0.3) is 0 Å². The van der Waals surface area contributed by atoms with Crippen LogP contribution in [0.5, 0.6) is 0 Å². The molecule has 0 aliphatic carbocycles. The number of nitrogens with zero attached hydrogens (tertiary/aromatic N) is 2. The highest BCUT2D eigenvalue weighted by Gasteiger charge is 2.27. The van der Waals surface area contributed by atoms with Crippen molar-refractivity contribution in [3.05, 3.63) is 58.6 Å². The number of benzene rings is 1. The zero-order valence-corrected chi connectivity index (χ0v) is 13.3. The molecule has 0 radical (unpaired) electrons. The summed E-state index contributed by atoms with van der Waals surface area (Å²) in [7, 11) is 0. The van der Waals surface area contributed by atoms with Gasteiger partial charge in [-0.1, -0.05) is 30.3 Å². The minimum atomic E-state index is -0.543. The minimum Gasteiger partial charge on any atom is -0.368 e. The molecule has 0 spiro atoms. The van der Waals surface area contributed by atoms with Crippen molar-refractivity contribution in [2.75, 3.05) is 18.0 Å². The molecule has 1 aromatic heterocycles. The molecule has 2 atom stereocenters. The second-order valence-corrected chi connectivity index (χ2v) is 5.94. The highest BCUT2D eigenvalue weighted by atomic mass is 16.1. The van der Waals surface area contributed by atoms with Gasteiger partial charge in [0.25, 0.3) is 5.56 Å². The Morgan fingerprint density at radius 1 is 1.38 bits per heavy atom. The Morgan fingerprint density at radius 3 is 2.88 bits per heavy atom. The van der Waals surface area contributed by atoms with Crippen molar-refractivity contribution in [3.8, 4) is 0 Å². The van der Waals surface area contributed by atoms with Crippen molar-refractivity contribution >= 4 is 11.7 Å². The molecular formula is C17H21N5O2. The number of primary amides is 1. The van der Waals surface area contributed by atoms with E-state index in [0.717, 1.165) is 24.9 Å². The fourth-order valence-corrected chi connectivity index (χ4v) is 3.10. The van der Waals surface area contributed by atoms with Gasteiger partial charge in [-0.2, -0.15) is 0 Å². The number of rotatable bonds is 5. The maximum absolute atomic E-state index is 11.9. The van der Waals surface area contributed by atoms with Gasteiger partial charge in [-0.15, -0.1) is 0 Å². The van der Waals surface area contributed by atoms with Gasteiger partial charge in [-0.25, -0.2) is 4.98 Å². The van der Waals surface area contributed by atoms with Gasteiger partial charge in [0.2, 0.25) is 5.91 Å². The number of nitrogens with one attached hydrogen (secondary N) is 2. The number of amides is 1. The first-order valence-electron chi connectivity index (χ1n) is 8.04. The summed E-state index contributed by atoms with van der Waals surface area (Å²) in [6.45, 7) is 1.38. The molecule has 2 unspecified atom stereocenters. The standard InChI is InChI=1S/C17H21N5O2/c18-15(23)14(12-5-2-1-3-6-12)21-13-7-4-10-22(11-13)16-17(24)20-9-8-19-16/h1-3,5-6,8-9,13-14,21H,4,7,10-11H2,(H2,18,23)(H,20,24). The Labute approximate surface area is 139 Å². The van der Waals surface area contributed by atoms with Crippen molar-refractivity contribution in [1.82, 2.24) is 15.3 Å². The van der Waals surface area contributed by atoms with Crippen LogP contribution in [-0.2, 0) is 4.79 Å². The molecule has 0 bridgehead atoms. The van der Waals surface area contributed by atoms with Crippen molar-refractivity contribution in [2.24, 2.45) is 5.73 Å². The molecular weight excluding hydrogens is 306 g/mol. The second kappa shape index (κ2) is 7.27. The van der Waals surface area contributed by atoms with E-state index in [1.165, 1.54) is 6.20 Å². The summed E-state index contributed by atoms with van der Waals surface area (Å²) in [6.07, 6.45) is 4.92.